The highest BCUT2D eigenvalue weighted by atomic mass is 32.2. The van der Waals surface area contributed by atoms with Gasteiger partial charge in [0.25, 0.3) is 0 Å². The van der Waals surface area contributed by atoms with Gasteiger partial charge in [-0.15, -0.1) is 0 Å². The zero-order chi connectivity index (χ0) is 16.1. The van der Waals surface area contributed by atoms with Crippen molar-refractivity contribution in [3.05, 3.63) is 95.2 Å². The number of aryl methyl sites for hydroxylation is 1. The molecule has 0 aliphatic carbocycles. The molecular formula is C20H16N2S. The van der Waals surface area contributed by atoms with Gasteiger partial charge in [0, 0.05) is 6.20 Å². The van der Waals surface area contributed by atoms with E-state index in [9.17, 15) is 0 Å². The number of aromatic nitrogens is 1. The van der Waals surface area contributed by atoms with E-state index < -0.39 is 0 Å². The molecule has 0 saturated carbocycles. The van der Waals surface area contributed by atoms with E-state index in [0.717, 1.165) is 5.03 Å². The predicted molar refractivity (Wildman–Crippen MR) is 94.3 cm³/mol. The summed E-state index contributed by atoms with van der Waals surface area (Å²) in [6.07, 6.45) is 1.70. The maximum atomic E-state index is 9.09. The van der Waals surface area contributed by atoms with Gasteiger partial charge in [-0.3, -0.25) is 0 Å². The van der Waals surface area contributed by atoms with Crippen LogP contribution in [0.4, 0.5) is 0 Å². The van der Waals surface area contributed by atoms with Crippen molar-refractivity contribution in [1.29, 1.82) is 5.26 Å². The molecule has 1 unspecified atom stereocenters. The number of hydrogen-bond donors (Lipinski definition) is 0. The van der Waals surface area contributed by atoms with Crippen molar-refractivity contribution >= 4 is 11.8 Å². The predicted octanol–water partition coefficient (Wildman–Crippen LogP) is 5.14. The smallest absolute Gasteiger partial charge is 0.0993 e. The van der Waals surface area contributed by atoms with Crippen LogP contribution in [0.15, 0.2) is 78.0 Å². The van der Waals surface area contributed by atoms with E-state index in [1.165, 1.54) is 16.7 Å². The quantitative estimate of drug-likeness (QED) is 0.625. The van der Waals surface area contributed by atoms with Crippen molar-refractivity contribution in [1.82, 2.24) is 4.98 Å². The van der Waals surface area contributed by atoms with Crippen LogP contribution in [-0.2, 0) is 0 Å². The Morgan fingerprint density at radius 3 is 2.48 bits per heavy atom. The van der Waals surface area contributed by atoms with E-state index in [-0.39, 0.29) is 5.25 Å². The van der Waals surface area contributed by atoms with Crippen LogP contribution in [0, 0.1) is 18.3 Å². The second-order valence-corrected chi connectivity index (χ2v) is 6.39. The average Bonchev–Trinajstić information content (AvgIpc) is 2.61. The minimum atomic E-state index is 0.152. The highest BCUT2D eigenvalue weighted by Crippen LogP contribution is 2.40. The summed E-state index contributed by atoms with van der Waals surface area (Å²) >= 11 is 1.68. The number of thioether (sulfide) groups is 1. The summed E-state index contributed by atoms with van der Waals surface area (Å²) in [6.45, 7) is 2.13. The van der Waals surface area contributed by atoms with Crippen molar-refractivity contribution in [3.8, 4) is 6.07 Å². The monoisotopic (exact) mass is 316 g/mol. The Morgan fingerprint density at radius 2 is 1.74 bits per heavy atom. The molecule has 0 aliphatic rings. The van der Waals surface area contributed by atoms with Crippen LogP contribution < -0.4 is 0 Å². The number of nitriles is 1. The van der Waals surface area contributed by atoms with Gasteiger partial charge in [0.1, 0.15) is 0 Å². The fourth-order valence-electron chi connectivity index (χ4n) is 2.48. The molecule has 0 amide bonds. The largest absolute Gasteiger partial charge is 0.250 e. The molecule has 1 atom stereocenters. The Kier molecular flexibility index (Phi) is 4.75. The molecule has 1 aromatic heterocycles. The summed E-state index contributed by atoms with van der Waals surface area (Å²) in [5, 5.41) is 10.1. The zero-order valence-electron chi connectivity index (χ0n) is 12.8. The molecule has 1 heterocycles. The van der Waals surface area contributed by atoms with Gasteiger partial charge in [0.15, 0.2) is 0 Å². The molecule has 23 heavy (non-hydrogen) atoms. The maximum absolute atomic E-state index is 9.09. The standard InChI is InChI=1S/C20H16N2S/c1-15-7-5-6-10-18(15)20(17-8-3-2-4-9-17)23-19-13-16(14-21)11-12-22-19/h2-13,20H,1H3. The van der Waals surface area contributed by atoms with Gasteiger partial charge >= 0.3 is 0 Å². The molecule has 112 valence electrons. The van der Waals surface area contributed by atoms with Crippen molar-refractivity contribution in [2.45, 2.75) is 17.2 Å². The van der Waals surface area contributed by atoms with E-state index in [1.54, 1.807) is 24.0 Å². The third-order valence-corrected chi connectivity index (χ3v) is 4.90. The Morgan fingerprint density at radius 1 is 1.00 bits per heavy atom. The summed E-state index contributed by atoms with van der Waals surface area (Å²) in [4.78, 5) is 4.42. The number of nitrogens with zero attached hydrogens (tertiary/aromatic N) is 2. The first-order valence-corrected chi connectivity index (χ1v) is 8.29. The zero-order valence-corrected chi connectivity index (χ0v) is 13.6. The Hall–Kier alpha value is -2.57. The Balaban J connectivity index is 2.02. The van der Waals surface area contributed by atoms with Gasteiger partial charge in [0.05, 0.1) is 21.9 Å². The molecule has 0 bridgehead atoms. The summed E-state index contributed by atoms with van der Waals surface area (Å²) in [6, 6.07) is 24.6. The lowest BCUT2D eigenvalue weighted by Gasteiger charge is -2.19. The third kappa shape index (κ3) is 3.61. The molecule has 0 radical (unpaired) electrons. The van der Waals surface area contributed by atoms with Gasteiger partial charge in [-0.05, 0) is 35.7 Å². The van der Waals surface area contributed by atoms with E-state index in [4.69, 9.17) is 5.26 Å². The first-order chi connectivity index (χ1) is 11.3. The van der Waals surface area contributed by atoms with Crippen molar-refractivity contribution in [2.75, 3.05) is 0 Å². The van der Waals surface area contributed by atoms with E-state index >= 15 is 0 Å². The highest BCUT2D eigenvalue weighted by molar-refractivity contribution is 7.99. The van der Waals surface area contributed by atoms with Gasteiger partial charge in [0.2, 0.25) is 0 Å². The number of hydrogen-bond acceptors (Lipinski definition) is 3. The lowest BCUT2D eigenvalue weighted by atomic mass is 10.0. The topological polar surface area (TPSA) is 36.7 Å². The molecule has 0 N–H and O–H groups in total. The van der Waals surface area contributed by atoms with Gasteiger partial charge in [-0.25, -0.2) is 4.98 Å². The van der Waals surface area contributed by atoms with Gasteiger partial charge in [-0.1, -0.05) is 66.4 Å². The summed E-state index contributed by atoms with van der Waals surface area (Å²) in [5.41, 5.74) is 4.40. The number of rotatable bonds is 4. The molecule has 3 rings (SSSR count). The van der Waals surface area contributed by atoms with Gasteiger partial charge < -0.3 is 0 Å². The molecule has 0 aliphatic heterocycles. The fourth-order valence-corrected chi connectivity index (χ4v) is 3.73. The van der Waals surface area contributed by atoms with Crippen LogP contribution in [0.5, 0.6) is 0 Å². The maximum Gasteiger partial charge on any atom is 0.0993 e. The molecule has 2 nitrogen and oxygen atoms in total. The highest BCUT2D eigenvalue weighted by Gasteiger charge is 2.18. The molecule has 3 heteroatoms. The number of pyridine rings is 1. The molecule has 2 aromatic carbocycles. The van der Waals surface area contributed by atoms with Crippen molar-refractivity contribution < 1.29 is 0 Å². The number of benzene rings is 2. The molecular weight excluding hydrogens is 300 g/mol. The van der Waals surface area contributed by atoms with E-state index in [2.05, 4.69) is 66.5 Å². The Bertz CT molecular complexity index is 838. The summed E-state index contributed by atoms with van der Waals surface area (Å²) in [5.74, 6) is 0. The summed E-state index contributed by atoms with van der Waals surface area (Å²) in [7, 11) is 0. The van der Waals surface area contributed by atoms with Crippen LogP contribution in [0.3, 0.4) is 0 Å². The first-order valence-electron chi connectivity index (χ1n) is 7.41. The van der Waals surface area contributed by atoms with Gasteiger partial charge in [-0.2, -0.15) is 5.26 Å². The normalized spacial score (nSPS) is 11.7. The third-order valence-electron chi connectivity index (χ3n) is 3.68. The van der Waals surface area contributed by atoms with Crippen LogP contribution in [0.1, 0.15) is 27.5 Å². The van der Waals surface area contributed by atoms with Crippen LogP contribution >= 0.6 is 11.8 Å². The van der Waals surface area contributed by atoms with Crippen LogP contribution in [0.2, 0.25) is 0 Å². The Labute approximate surface area is 140 Å². The molecule has 0 fully saturated rings. The second-order valence-electron chi connectivity index (χ2n) is 5.26. The van der Waals surface area contributed by atoms with E-state index in [0.29, 0.717) is 5.56 Å². The molecule has 3 aromatic rings. The van der Waals surface area contributed by atoms with Crippen LogP contribution in [0.25, 0.3) is 0 Å². The molecule has 0 saturated heterocycles. The lowest BCUT2D eigenvalue weighted by Crippen LogP contribution is -2.00. The second kappa shape index (κ2) is 7.13. The van der Waals surface area contributed by atoms with Crippen molar-refractivity contribution in [3.63, 3.8) is 0 Å². The minimum absolute atomic E-state index is 0.152. The average molecular weight is 316 g/mol. The SMILES string of the molecule is Cc1ccccc1C(Sc1cc(C#N)ccn1)c1ccccc1. The van der Waals surface area contributed by atoms with E-state index in [1.807, 2.05) is 12.1 Å². The van der Waals surface area contributed by atoms with Crippen molar-refractivity contribution in [2.24, 2.45) is 0 Å². The lowest BCUT2D eigenvalue weighted by molar-refractivity contribution is 1.08. The fraction of sp³-hybridized carbons (Fsp3) is 0.100. The first kappa shape index (κ1) is 15.3. The summed E-state index contributed by atoms with van der Waals surface area (Å²) < 4.78 is 0. The minimum Gasteiger partial charge on any atom is -0.250 e. The molecule has 0 spiro atoms. The van der Waals surface area contributed by atoms with Crippen LogP contribution in [-0.4, -0.2) is 4.98 Å².